The van der Waals surface area contributed by atoms with Crippen LogP contribution in [-0.4, -0.2) is 28.4 Å². The highest BCUT2D eigenvalue weighted by Gasteiger charge is 2.20. The number of nitro groups is 1. The zero-order valence-corrected chi connectivity index (χ0v) is 10.4. The fourth-order valence-electron chi connectivity index (χ4n) is 1.78. The van der Waals surface area contributed by atoms with E-state index >= 15 is 0 Å². The summed E-state index contributed by atoms with van der Waals surface area (Å²) in [5, 5.41) is 13.5. The maximum absolute atomic E-state index is 11.9. The molecule has 1 aromatic carbocycles. The Hall–Kier alpha value is -1.76. The van der Waals surface area contributed by atoms with E-state index in [4.69, 9.17) is 5.73 Å². The summed E-state index contributed by atoms with van der Waals surface area (Å²) < 4.78 is 0. The molecule has 96 valence electrons. The summed E-state index contributed by atoms with van der Waals surface area (Å²) in [6, 6.07) is 4.20. The van der Waals surface area contributed by atoms with Gasteiger partial charge >= 0.3 is 0 Å². The van der Waals surface area contributed by atoms with Crippen molar-refractivity contribution in [3.8, 4) is 0 Å². The van der Waals surface area contributed by atoms with E-state index < -0.39 is 4.92 Å². The van der Waals surface area contributed by atoms with Crippen LogP contribution in [0.4, 0.5) is 11.4 Å². The average molecular weight is 267 g/mol. The SMILES string of the molecule is Nc1cc(C(=O)NC2CCSC2)ccc1[N+](=O)[O-]. The largest absolute Gasteiger partial charge is 0.393 e. The number of nitrogen functional groups attached to an aromatic ring is 1. The average Bonchev–Trinajstić information content (AvgIpc) is 2.81. The first-order valence-electron chi connectivity index (χ1n) is 5.50. The van der Waals surface area contributed by atoms with Gasteiger partial charge in [0.25, 0.3) is 11.6 Å². The van der Waals surface area contributed by atoms with Gasteiger partial charge in [0, 0.05) is 23.4 Å². The minimum atomic E-state index is -0.565. The molecule has 3 N–H and O–H groups in total. The minimum absolute atomic E-state index is 0.00782. The highest BCUT2D eigenvalue weighted by Crippen LogP contribution is 2.22. The first-order valence-corrected chi connectivity index (χ1v) is 6.66. The molecule has 1 heterocycles. The van der Waals surface area contributed by atoms with Crippen LogP contribution in [0.1, 0.15) is 16.8 Å². The van der Waals surface area contributed by atoms with Gasteiger partial charge in [0.2, 0.25) is 0 Å². The van der Waals surface area contributed by atoms with Gasteiger partial charge in [-0.25, -0.2) is 0 Å². The number of thioether (sulfide) groups is 1. The summed E-state index contributed by atoms with van der Waals surface area (Å²) in [4.78, 5) is 21.9. The van der Waals surface area contributed by atoms with Gasteiger partial charge in [-0.1, -0.05) is 0 Å². The normalized spacial score (nSPS) is 18.6. The van der Waals surface area contributed by atoms with Crippen molar-refractivity contribution in [1.29, 1.82) is 0 Å². The number of benzene rings is 1. The van der Waals surface area contributed by atoms with Gasteiger partial charge in [0.15, 0.2) is 0 Å². The molecule has 0 aromatic heterocycles. The van der Waals surface area contributed by atoms with E-state index in [1.807, 2.05) is 0 Å². The van der Waals surface area contributed by atoms with Crippen molar-refractivity contribution in [2.75, 3.05) is 17.2 Å². The van der Waals surface area contributed by atoms with Crippen LogP contribution < -0.4 is 11.1 Å². The summed E-state index contributed by atoms with van der Waals surface area (Å²) in [6.07, 6.45) is 0.957. The molecule has 1 saturated heterocycles. The van der Waals surface area contributed by atoms with E-state index in [1.165, 1.54) is 18.2 Å². The third-order valence-corrected chi connectivity index (χ3v) is 3.91. The number of carbonyl (C=O) groups is 1. The molecule has 0 aliphatic carbocycles. The predicted molar refractivity (Wildman–Crippen MR) is 70.7 cm³/mol. The minimum Gasteiger partial charge on any atom is -0.393 e. The van der Waals surface area contributed by atoms with Crippen LogP contribution in [0.25, 0.3) is 0 Å². The Morgan fingerprint density at radius 2 is 2.33 bits per heavy atom. The lowest BCUT2D eigenvalue weighted by Crippen LogP contribution is -2.34. The number of nitrogens with one attached hydrogen (secondary N) is 1. The van der Waals surface area contributed by atoms with Crippen molar-refractivity contribution in [3.63, 3.8) is 0 Å². The predicted octanol–water partition coefficient (Wildman–Crippen LogP) is 1.41. The van der Waals surface area contributed by atoms with Crippen molar-refractivity contribution in [1.82, 2.24) is 5.32 Å². The van der Waals surface area contributed by atoms with Crippen molar-refractivity contribution >= 4 is 29.0 Å². The van der Waals surface area contributed by atoms with E-state index in [-0.39, 0.29) is 23.3 Å². The van der Waals surface area contributed by atoms with Crippen LogP contribution in [0.15, 0.2) is 18.2 Å². The second-order valence-corrected chi connectivity index (χ2v) is 5.21. The van der Waals surface area contributed by atoms with E-state index in [9.17, 15) is 14.9 Å². The molecule has 2 rings (SSSR count). The molecule has 0 radical (unpaired) electrons. The summed E-state index contributed by atoms with van der Waals surface area (Å²) in [5.74, 6) is 1.73. The second-order valence-electron chi connectivity index (χ2n) is 4.06. The van der Waals surface area contributed by atoms with Crippen LogP contribution in [0.5, 0.6) is 0 Å². The quantitative estimate of drug-likeness (QED) is 0.490. The number of amides is 1. The zero-order valence-electron chi connectivity index (χ0n) is 9.59. The second kappa shape index (κ2) is 5.26. The van der Waals surface area contributed by atoms with Gasteiger partial charge in [-0.2, -0.15) is 11.8 Å². The summed E-state index contributed by atoms with van der Waals surface area (Å²) in [6.45, 7) is 0. The van der Waals surface area contributed by atoms with Crippen LogP contribution >= 0.6 is 11.8 Å². The van der Waals surface area contributed by atoms with Gasteiger partial charge < -0.3 is 11.1 Å². The Labute approximate surface area is 108 Å². The van der Waals surface area contributed by atoms with Crippen molar-refractivity contribution in [3.05, 3.63) is 33.9 Å². The molecular formula is C11H13N3O3S. The maximum atomic E-state index is 11.9. The Bertz CT molecular complexity index is 486. The topological polar surface area (TPSA) is 98.3 Å². The molecule has 18 heavy (non-hydrogen) atoms. The molecule has 1 fully saturated rings. The number of rotatable bonds is 3. The monoisotopic (exact) mass is 267 g/mol. The van der Waals surface area contributed by atoms with E-state index in [0.717, 1.165) is 17.9 Å². The number of carbonyl (C=O) groups excluding carboxylic acids is 1. The highest BCUT2D eigenvalue weighted by atomic mass is 32.2. The van der Waals surface area contributed by atoms with Crippen LogP contribution in [0, 0.1) is 10.1 Å². The fraction of sp³-hybridized carbons (Fsp3) is 0.364. The number of anilines is 1. The third-order valence-electron chi connectivity index (χ3n) is 2.75. The number of nitro benzene ring substituents is 1. The number of hydrogen-bond acceptors (Lipinski definition) is 5. The van der Waals surface area contributed by atoms with Gasteiger partial charge in [-0.05, 0) is 24.3 Å². The first-order chi connectivity index (χ1) is 8.58. The number of nitrogens with two attached hydrogens (primary N) is 1. The Kier molecular flexibility index (Phi) is 3.71. The van der Waals surface area contributed by atoms with Gasteiger partial charge in [-0.3, -0.25) is 14.9 Å². The molecule has 1 aliphatic rings. The highest BCUT2D eigenvalue weighted by molar-refractivity contribution is 7.99. The van der Waals surface area contributed by atoms with E-state index in [0.29, 0.717) is 5.56 Å². The molecule has 1 amide bonds. The third kappa shape index (κ3) is 2.73. The molecule has 1 aromatic rings. The number of hydrogen-bond donors (Lipinski definition) is 2. The molecule has 0 saturated carbocycles. The van der Waals surface area contributed by atoms with Gasteiger partial charge in [-0.15, -0.1) is 0 Å². The van der Waals surface area contributed by atoms with Crippen LogP contribution in [0.2, 0.25) is 0 Å². The van der Waals surface area contributed by atoms with Gasteiger partial charge in [0.05, 0.1) is 4.92 Å². The fourth-order valence-corrected chi connectivity index (χ4v) is 2.93. The smallest absolute Gasteiger partial charge is 0.292 e. The molecule has 1 atom stereocenters. The zero-order chi connectivity index (χ0) is 13.1. The van der Waals surface area contributed by atoms with Crippen LogP contribution in [-0.2, 0) is 0 Å². The van der Waals surface area contributed by atoms with Crippen molar-refractivity contribution in [2.45, 2.75) is 12.5 Å². The molecule has 1 aliphatic heterocycles. The molecule has 7 heteroatoms. The molecular weight excluding hydrogens is 254 g/mol. The summed E-state index contributed by atoms with van der Waals surface area (Å²) >= 11 is 1.80. The van der Waals surface area contributed by atoms with Crippen molar-refractivity contribution in [2.24, 2.45) is 0 Å². The molecule has 0 spiro atoms. The Balaban J connectivity index is 2.10. The summed E-state index contributed by atoms with van der Waals surface area (Å²) in [5.41, 5.74) is 5.73. The van der Waals surface area contributed by atoms with E-state index in [2.05, 4.69) is 5.32 Å². The maximum Gasteiger partial charge on any atom is 0.292 e. The standard InChI is InChI=1S/C11H13N3O3S/c12-9-5-7(1-2-10(9)14(16)17)11(15)13-8-3-4-18-6-8/h1-2,5,8H,3-4,6,12H2,(H,13,15). The van der Waals surface area contributed by atoms with Crippen molar-refractivity contribution < 1.29 is 9.72 Å². The van der Waals surface area contributed by atoms with E-state index in [1.54, 1.807) is 11.8 Å². The lowest BCUT2D eigenvalue weighted by atomic mass is 10.1. The first kappa shape index (κ1) is 12.7. The van der Waals surface area contributed by atoms with Crippen LogP contribution in [0.3, 0.4) is 0 Å². The molecule has 0 bridgehead atoms. The lowest BCUT2D eigenvalue weighted by molar-refractivity contribution is -0.383. The molecule has 1 unspecified atom stereocenters. The Morgan fingerprint density at radius 1 is 1.56 bits per heavy atom. The number of nitrogens with zero attached hydrogens (tertiary/aromatic N) is 1. The summed E-state index contributed by atoms with van der Waals surface area (Å²) in [7, 11) is 0. The molecule has 6 nitrogen and oxygen atoms in total. The Morgan fingerprint density at radius 3 is 2.89 bits per heavy atom. The van der Waals surface area contributed by atoms with Gasteiger partial charge in [0.1, 0.15) is 5.69 Å². The lowest BCUT2D eigenvalue weighted by Gasteiger charge is -2.11.